The van der Waals surface area contributed by atoms with Gasteiger partial charge >= 0.3 is 6.18 Å². The van der Waals surface area contributed by atoms with Crippen LogP contribution in [0.2, 0.25) is 0 Å². The molecular weight excluding hydrogens is 307 g/mol. The fraction of sp³-hybridized carbons (Fsp3) is 0.188. The summed E-state index contributed by atoms with van der Waals surface area (Å²) in [6.45, 7) is 1.71. The van der Waals surface area contributed by atoms with Crippen LogP contribution in [0.1, 0.15) is 24.1 Å². The average molecular weight is 319 g/mol. The smallest absolute Gasteiger partial charge is 0.291 e. The van der Waals surface area contributed by atoms with E-state index in [2.05, 4.69) is 9.97 Å². The van der Waals surface area contributed by atoms with Crippen LogP contribution >= 0.6 is 0 Å². The summed E-state index contributed by atoms with van der Waals surface area (Å²) in [5.74, 6) is 0. The van der Waals surface area contributed by atoms with Crippen LogP contribution in [-0.4, -0.2) is 14.5 Å². The first-order chi connectivity index (χ1) is 10.9. The monoisotopic (exact) mass is 319 g/mol. The molecule has 2 aromatic heterocycles. The standard InChI is InChI=1S/C16H12F3N3O/c1-10(11-4-3-7-20-8-11)22-9-21-13-6-2-5-12(16(17,18)19)14(13)15(22)23/h2-10H,1H3. The van der Waals surface area contributed by atoms with E-state index in [0.29, 0.717) is 5.56 Å². The van der Waals surface area contributed by atoms with Gasteiger partial charge in [0.2, 0.25) is 0 Å². The number of alkyl halides is 3. The molecule has 118 valence electrons. The Bertz CT molecular complexity index is 904. The lowest BCUT2D eigenvalue weighted by Crippen LogP contribution is -2.26. The van der Waals surface area contributed by atoms with E-state index in [-0.39, 0.29) is 5.52 Å². The lowest BCUT2D eigenvalue weighted by atomic mass is 10.1. The predicted molar refractivity (Wildman–Crippen MR) is 79.1 cm³/mol. The van der Waals surface area contributed by atoms with Crippen molar-refractivity contribution in [2.75, 3.05) is 0 Å². The van der Waals surface area contributed by atoms with E-state index < -0.39 is 28.7 Å². The molecule has 0 spiro atoms. The summed E-state index contributed by atoms with van der Waals surface area (Å²) in [6.07, 6.45) is -0.198. The Morgan fingerprint density at radius 2 is 1.96 bits per heavy atom. The van der Waals surface area contributed by atoms with Crippen LogP contribution in [0.3, 0.4) is 0 Å². The first kappa shape index (κ1) is 15.2. The zero-order chi connectivity index (χ0) is 16.6. The van der Waals surface area contributed by atoms with Gasteiger partial charge in [0.25, 0.3) is 5.56 Å². The molecule has 0 saturated carbocycles. The van der Waals surface area contributed by atoms with Crippen molar-refractivity contribution in [2.24, 2.45) is 0 Å². The van der Waals surface area contributed by atoms with Gasteiger partial charge in [-0.3, -0.25) is 14.3 Å². The van der Waals surface area contributed by atoms with Gasteiger partial charge in [-0.25, -0.2) is 4.98 Å². The lowest BCUT2D eigenvalue weighted by Gasteiger charge is -2.16. The molecule has 0 bridgehead atoms. The minimum atomic E-state index is -4.61. The van der Waals surface area contributed by atoms with Crippen molar-refractivity contribution < 1.29 is 13.2 Å². The minimum Gasteiger partial charge on any atom is -0.291 e. The number of aromatic nitrogens is 3. The van der Waals surface area contributed by atoms with Gasteiger partial charge < -0.3 is 0 Å². The van der Waals surface area contributed by atoms with Crippen LogP contribution in [0.25, 0.3) is 10.9 Å². The van der Waals surface area contributed by atoms with Crippen LogP contribution in [0, 0.1) is 0 Å². The summed E-state index contributed by atoms with van der Waals surface area (Å²) in [5.41, 5.74) is -0.959. The van der Waals surface area contributed by atoms with Gasteiger partial charge in [0.1, 0.15) is 0 Å². The molecule has 23 heavy (non-hydrogen) atoms. The average Bonchev–Trinajstić information content (AvgIpc) is 2.54. The molecule has 1 atom stereocenters. The zero-order valence-electron chi connectivity index (χ0n) is 12.1. The molecule has 1 unspecified atom stereocenters. The number of benzene rings is 1. The Labute approximate surface area is 129 Å². The highest BCUT2D eigenvalue weighted by atomic mass is 19.4. The van der Waals surface area contributed by atoms with Crippen molar-refractivity contribution in [1.82, 2.24) is 14.5 Å². The first-order valence-corrected chi connectivity index (χ1v) is 6.86. The Morgan fingerprint density at radius 3 is 2.61 bits per heavy atom. The number of rotatable bonds is 2. The molecule has 7 heteroatoms. The maximum absolute atomic E-state index is 13.2. The van der Waals surface area contributed by atoms with Gasteiger partial charge in [0, 0.05) is 12.4 Å². The maximum atomic E-state index is 13.2. The second-order valence-electron chi connectivity index (χ2n) is 5.12. The van der Waals surface area contributed by atoms with Crippen molar-refractivity contribution in [3.63, 3.8) is 0 Å². The van der Waals surface area contributed by atoms with Crippen molar-refractivity contribution in [3.05, 3.63) is 70.5 Å². The molecule has 3 aromatic rings. The van der Waals surface area contributed by atoms with Crippen LogP contribution in [0.4, 0.5) is 13.2 Å². The summed E-state index contributed by atoms with van der Waals surface area (Å²) in [5, 5.41) is -0.418. The molecule has 0 N–H and O–H groups in total. The van der Waals surface area contributed by atoms with Gasteiger partial charge in [-0.2, -0.15) is 13.2 Å². The molecular formula is C16H12F3N3O. The Balaban J connectivity index is 2.25. The highest BCUT2D eigenvalue weighted by Gasteiger charge is 2.34. The third-order valence-electron chi connectivity index (χ3n) is 3.70. The Hall–Kier alpha value is -2.70. The first-order valence-electron chi connectivity index (χ1n) is 6.86. The Kier molecular flexibility index (Phi) is 3.63. The number of nitrogens with zero attached hydrogens (tertiary/aromatic N) is 3. The van der Waals surface area contributed by atoms with E-state index in [0.717, 1.165) is 6.07 Å². The van der Waals surface area contributed by atoms with Gasteiger partial charge in [0.05, 0.1) is 28.8 Å². The molecule has 0 saturated heterocycles. The number of halogens is 3. The summed E-state index contributed by atoms with van der Waals surface area (Å²) in [7, 11) is 0. The quantitative estimate of drug-likeness (QED) is 0.727. The fourth-order valence-electron chi connectivity index (χ4n) is 2.47. The number of hydrogen-bond donors (Lipinski definition) is 0. The topological polar surface area (TPSA) is 47.8 Å². The van der Waals surface area contributed by atoms with E-state index in [1.807, 2.05) is 0 Å². The van der Waals surface area contributed by atoms with Gasteiger partial charge in [-0.1, -0.05) is 12.1 Å². The molecule has 0 amide bonds. The summed E-state index contributed by atoms with van der Waals surface area (Å²) < 4.78 is 40.7. The van der Waals surface area contributed by atoms with Crippen LogP contribution in [0.15, 0.2) is 53.8 Å². The minimum absolute atomic E-state index is 0.0273. The molecule has 0 radical (unpaired) electrons. The van der Waals surface area contributed by atoms with E-state index in [1.54, 1.807) is 31.5 Å². The number of hydrogen-bond acceptors (Lipinski definition) is 3. The van der Waals surface area contributed by atoms with Crippen molar-refractivity contribution >= 4 is 10.9 Å². The molecule has 2 heterocycles. The molecule has 0 aliphatic heterocycles. The summed E-state index contributed by atoms with van der Waals surface area (Å²) in [6, 6.07) is 6.51. The lowest BCUT2D eigenvalue weighted by molar-refractivity contribution is -0.136. The number of pyridine rings is 1. The van der Waals surface area contributed by atoms with Crippen molar-refractivity contribution in [2.45, 2.75) is 19.1 Å². The van der Waals surface area contributed by atoms with Crippen LogP contribution in [0.5, 0.6) is 0 Å². The Morgan fingerprint density at radius 1 is 1.17 bits per heavy atom. The highest BCUT2D eigenvalue weighted by Crippen LogP contribution is 2.32. The molecule has 0 fully saturated rings. The largest absolute Gasteiger partial charge is 0.417 e. The zero-order valence-corrected chi connectivity index (χ0v) is 12.1. The maximum Gasteiger partial charge on any atom is 0.417 e. The van der Waals surface area contributed by atoms with Crippen molar-refractivity contribution in [1.29, 1.82) is 0 Å². The van der Waals surface area contributed by atoms with E-state index in [4.69, 9.17) is 0 Å². The molecule has 0 aliphatic carbocycles. The second kappa shape index (κ2) is 5.49. The normalized spacial score (nSPS) is 13.2. The van der Waals surface area contributed by atoms with Crippen LogP contribution in [-0.2, 0) is 6.18 Å². The van der Waals surface area contributed by atoms with Crippen LogP contribution < -0.4 is 5.56 Å². The number of fused-ring (bicyclic) bond motifs is 1. The summed E-state index contributed by atoms with van der Waals surface area (Å²) >= 11 is 0. The van der Waals surface area contributed by atoms with E-state index >= 15 is 0 Å². The third-order valence-corrected chi connectivity index (χ3v) is 3.70. The highest BCUT2D eigenvalue weighted by molar-refractivity contribution is 5.81. The van der Waals surface area contributed by atoms with Gasteiger partial charge in [0.15, 0.2) is 0 Å². The molecule has 1 aromatic carbocycles. The van der Waals surface area contributed by atoms with Gasteiger partial charge in [-0.05, 0) is 30.7 Å². The molecule has 4 nitrogen and oxygen atoms in total. The van der Waals surface area contributed by atoms with E-state index in [1.165, 1.54) is 23.0 Å². The third kappa shape index (κ3) is 2.69. The predicted octanol–water partition coefficient (Wildman–Crippen LogP) is 3.42. The van der Waals surface area contributed by atoms with E-state index in [9.17, 15) is 18.0 Å². The van der Waals surface area contributed by atoms with Crippen molar-refractivity contribution in [3.8, 4) is 0 Å². The molecule has 3 rings (SSSR count). The van der Waals surface area contributed by atoms with Gasteiger partial charge in [-0.15, -0.1) is 0 Å². The SMILES string of the molecule is CC(c1cccnc1)n1cnc2cccc(C(F)(F)F)c2c1=O. The summed E-state index contributed by atoms with van der Waals surface area (Å²) in [4.78, 5) is 20.6. The fourth-order valence-corrected chi connectivity index (χ4v) is 2.47. The molecule has 0 aliphatic rings. The second-order valence-corrected chi connectivity index (χ2v) is 5.12.